The Labute approximate surface area is 122 Å². The first-order valence-electron chi connectivity index (χ1n) is 5.90. The second-order valence-corrected chi connectivity index (χ2v) is 5.04. The van der Waals surface area contributed by atoms with Crippen molar-refractivity contribution in [2.24, 2.45) is 0 Å². The third-order valence-corrected chi connectivity index (χ3v) is 3.52. The van der Waals surface area contributed by atoms with Gasteiger partial charge in [-0.1, -0.05) is 48.0 Å². The molecule has 0 aliphatic carbocycles. The van der Waals surface area contributed by atoms with Crippen LogP contribution in [0.1, 0.15) is 11.7 Å². The molecule has 100 valence electrons. The Morgan fingerprint density at radius 1 is 0.842 bits per heavy atom. The fraction of sp³-hybridized carbons (Fsp3) is 0.200. The molecule has 0 saturated carbocycles. The van der Waals surface area contributed by atoms with E-state index in [-0.39, 0.29) is 5.88 Å². The van der Waals surface area contributed by atoms with E-state index < -0.39 is 12.2 Å². The van der Waals surface area contributed by atoms with Gasteiger partial charge < -0.3 is 10.2 Å². The molecule has 2 rings (SSSR count). The van der Waals surface area contributed by atoms with Crippen molar-refractivity contribution in [1.29, 1.82) is 0 Å². The standard InChI is InChI=1S/C15H14Cl2O2/c16-9-14(18)15(19)12-3-1-10(2-4-12)11-5-7-13(17)8-6-11/h1-8,14-15,18-19H,9H2. The highest BCUT2D eigenvalue weighted by molar-refractivity contribution is 6.30. The highest BCUT2D eigenvalue weighted by Crippen LogP contribution is 2.24. The molecule has 2 nitrogen and oxygen atoms in total. The minimum atomic E-state index is -0.961. The summed E-state index contributed by atoms with van der Waals surface area (Å²) in [5, 5.41) is 20.0. The summed E-state index contributed by atoms with van der Waals surface area (Å²) in [5.74, 6) is 0.000102. The van der Waals surface area contributed by atoms with Crippen LogP contribution < -0.4 is 0 Å². The van der Waals surface area contributed by atoms with Crippen LogP contribution in [0.4, 0.5) is 0 Å². The monoisotopic (exact) mass is 296 g/mol. The molecule has 0 spiro atoms. The third-order valence-electron chi connectivity index (χ3n) is 2.95. The largest absolute Gasteiger partial charge is 0.389 e. The van der Waals surface area contributed by atoms with Crippen LogP contribution in [-0.4, -0.2) is 22.2 Å². The van der Waals surface area contributed by atoms with Gasteiger partial charge in [-0.15, -0.1) is 11.6 Å². The lowest BCUT2D eigenvalue weighted by Crippen LogP contribution is -2.19. The number of hydrogen-bond acceptors (Lipinski definition) is 2. The van der Waals surface area contributed by atoms with E-state index in [0.29, 0.717) is 10.6 Å². The summed E-state index contributed by atoms with van der Waals surface area (Å²) in [6, 6.07) is 14.9. The van der Waals surface area contributed by atoms with Gasteiger partial charge in [-0.25, -0.2) is 0 Å². The summed E-state index contributed by atoms with van der Waals surface area (Å²) in [6.07, 6.45) is -1.92. The van der Waals surface area contributed by atoms with Gasteiger partial charge in [-0.3, -0.25) is 0 Å². The predicted molar refractivity (Wildman–Crippen MR) is 78.6 cm³/mol. The van der Waals surface area contributed by atoms with Gasteiger partial charge in [0.25, 0.3) is 0 Å². The fourth-order valence-corrected chi connectivity index (χ4v) is 2.12. The zero-order valence-electron chi connectivity index (χ0n) is 10.1. The van der Waals surface area contributed by atoms with Crippen molar-refractivity contribution in [2.45, 2.75) is 12.2 Å². The Hall–Kier alpha value is -1.06. The topological polar surface area (TPSA) is 40.5 Å². The predicted octanol–water partition coefficient (Wildman–Crippen LogP) is 3.64. The molecule has 4 heteroatoms. The van der Waals surface area contributed by atoms with Crippen molar-refractivity contribution in [2.75, 3.05) is 5.88 Å². The first kappa shape index (κ1) is 14.4. The van der Waals surface area contributed by atoms with Crippen molar-refractivity contribution >= 4 is 23.2 Å². The molecule has 0 aliphatic rings. The summed E-state index contributed by atoms with van der Waals surface area (Å²) in [5.41, 5.74) is 2.71. The molecule has 19 heavy (non-hydrogen) atoms. The molecular weight excluding hydrogens is 283 g/mol. The van der Waals surface area contributed by atoms with Crippen LogP contribution in [0, 0.1) is 0 Å². The molecule has 0 fully saturated rings. The number of alkyl halides is 1. The first-order valence-corrected chi connectivity index (χ1v) is 6.81. The van der Waals surface area contributed by atoms with Gasteiger partial charge in [0.1, 0.15) is 6.10 Å². The van der Waals surface area contributed by atoms with E-state index in [1.54, 1.807) is 12.1 Å². The third kappa shape index (κ3) is 3.48. The molecule has 0 aromatic heterocycles. The maximum atomic E-state index is 9.83. The molecule has 0 radical (unpaired) electrons. The normalized spacial score (nSPS) is 14.1. The van der Waals surface area contributed by atoms with Crippen LogP contribution in [0.15, 0.2) is 48.5 Å². The van der Waals surface area contributed by atoms with Gasteiger partial charge in [0.15, 0.2) is 0 Å². The van der Waals surface area contributed by atoms with Gasteiger partial charge in [-0.2, -0.15) is 0 Å². The summed E-state index contributed by atoms with van der Waals surface area (Å²) in [4.78, 5) is 0. The SMILES string of the molecule is OC(CCl)C(O)c1ccc(-c2ccc(Cl)cc2)cc1. The zero-order chi connectivity index (χ0) is 13.8. The van der Waals surface area contributed by atoms with Crippen molar-refractivity contribution < 1.29 is 10.2 Å². The molecule has 2 atom stereocenters. The Morgan fingerprint density at radius 2 is 1.32 bits per heavy atom. The second kappa shape index (κ2) is 6.40. The zero-order valence-corrected chi connectivity index (χ0v) is 11.6. The van der Waals surface area contributed by atoms with Crippen LogP contribution >= 0.6 is 23.2 Å². The fourth-order valence-electron chi connectivity index (χ4n) is 1.82. The summed E-state index contributed by atoms with van der Waals surface area (Å²) in [7, 11) is 0. The lowest BCUT2D eigenvalue weighted by atomic mass is 10.0. The van der Waals surface area contributed by atoms with E-state index in [2.05, 4.69) is 0 Å². The maximum absolute atomic E-state index is 9.83. The second-order valence-electron chi connectivity index (χ2n) is 4.30. The number of aliphatic hydroxyl groups excluding tert-OH is 2. The van der Waals surface area contributed by atoms with E-state index in [1.807, 2.05) is 36.4 Å². The average molecular weight is 297 g/mol. The van der Waals surface area contributed by atoms with Gasteiger partial charge in [0.05, 0.1) is 12.0 Å². The molecular formula is C15H14Cl2O2. The van der Waals surface area contributed by atoms with Crippen molar-refractivity contribution in [3.8, 4) is 11.1 Å². The minimum Gasteiger partial charge on any atom is -0.389 e. The molecule has 2 unspecified atom stereocenters. The van der Waals surface area contributed by atoms with Crippen LogP contribution in [0.2, 0.25) is 5.02 Å². The number of benzene rings is 2. The van der Waals surface area contributed by atoms with E-state index in [1.165, 1.54) is 0 Å². The number of halogens is 2. The first-order chi connectivity index (χ1) is 9.11. The smallest absolute Gasteiger partial charge is 0.106 e. The molecule has 0 bridgehead atoms. The summed E-state index contributed by atoms with van der Waals surface area (Å²) in [6.45, 7) is 0. The quantitative estimate of drug-likeness (QED) is 0.846. The van der Waals surface area contributed by atoms with Gasteiger partial charge in [-0.05, 0) is 28.8 Å². The molecule has 0 aliphatic heterocycles. The molecule has 2 aromatic carbocycles. The molecule has 2 aromatic rings. The number of rotatable bonds is 4. The van der Waals surface area contributed by atoms with E-state index in [9.17, 15) is 10.2 Å². The molecule has 2 N–H and O–H groups in total. The van der Waals surface area contributed by atoms with Gasteiger partial charge >= 0.3 is 0 Å². The Kier molecular flexibility index (Phi) is 4.83. The Balaban J connectivity index is 2.21. The molecule has 0 saturated heterocycles. The number of hydrogen-bond donors (Lipinski definition) is 2. The van der Waals surface area contributed by atoms with Crippen LogP contribution in [0.25, 0.3) is 11.1 Å². The Bertz CT molecular complexity index is 523. The Morgan fingerprint density at radius 3 is 1.79 bits per heavy atom. The minimum absolute atomic E-state index is 0.000102. The van der Waals surface area contributed by atoms with Gasteiger partial charge in [0.2, 0.25) is 0 Å². The highest BCUT2D eigenvalue weighted by atomic mass is 35.5. The lowest BCUT2D eigenvalue weighted by Gasteiger charge is -2.16. The van der Waals surface area contributed by atoms with Crippen molar-refractivity contribution in [3.63, 3.8) is 0 Å². The maximum Gasteiger partial charge on any atom is 0.106 e. The van der Waals surface area contributed by atoms with Gasteiger partial charge in [0, 0.05) is 5.02 Å². The summed E-state index contributed by atoms with van der Waals surface area (Å²) < 4.78 is 0. The van der Waals surface area contributed by atoms with Crippen LogP contribution in [0.5, 0.6) is 0 Å². The van der Waals surface area contributed by atoms with Crippen molar-refractivity contribution in [1.82, 2.24) is 0 Å². The number of aliphatic hydroxyl groups is 2. The summed E-state index contributed by atoms with van der Waals surface area (Å²) >= 11 is 11.4. The van der Waals surface area contributed by atoms with E-state index >= 15 is 0 Å². The molecule has 0 amide bonds. The molecule has 0 heterocycles. The van der Waals surface area contributed by atoms with Crippen LogP contribution in [-0.2, 0) is 0 Å². The van der Waals surface area contributed by atoms with E-state index in [0.717, 1.165) is 11.1 Å². The van der Waals surface area contributed by atoms with Crippen molar-refractivity contribution in [3.05, 3.63) is 59.1 Å². The van der Waals surface area contributed by atoms with Crippen LogP contribution in [0.3, 0.4) is 0 Å². The lowest BCUT2D eigenvalue weighted by molar-refractivity contribution is 0.0327. The highest BCUT2D eigenvalue weighted by Gasteiger charge is 2.16. The average Bonchev–Trinajstić information content (AvgIpc) is 2.46. The van der Waals surface area contributed by atoms with E-state index in [4.69, 9.17) is 23.2 Å².